The standard InChI is InChI=1S/C14H19NO4S/c1-14(2,3)19-13(18)15-9(11-5-4-8-20-11)6-7-10(15)12(16)17/h4-5,8-10H,6-7H2,1-3H3,(H,16,17)/t9-,10-/m0/s1. The molecule has 0 radical (unpaired) electrons. The first-order chi connectivity index (χ1) is 9.29. The molecule has 110 valence electrons. The minimum absolute atomic E-state index is 0.203. The number of amides is 1. The Kier molecular flexibility index (Phi) is 4.04. The van der Waals surface area contributed by atoms with Crippen LogP contribution < -0.4 is 0 Å². The molecule has 2 rings (SSSR count). The third-order valence-electron chi connectivity index (χ3n) is 3.15. The molecule has 1 aromatic heterocycles. The summed E-state index contributed by atoms with van der Waals surface area (Å²) < 4.78 is 5.36. The summed E-state index contributed by atoms with van der Waals surface area (Å²) >= 11 is 1.53. The maximum absolute atomic E-state index is 12.3. The summed E-state index contributed by atoms with van der Waals surface area (Å²) in [4.78, 5) is 26.1. The lowest BCUT2D eigenvalue weighted by Crippen LogP contribution is -2.44. The van der Waals surface area contributed by atoms with Gasteiger partial charge in [0.2, 0.25) is 0 Å². The van der Waals surface area contributed by atoms with Gasteiger partial charge in [-0.3, -0.25) is 4.90 Å². The molecule has 1 aliphatic rings. The van der Waals surface area contributed by atoms with E-state index in [1.54, 1.807) is 20.8 Å². The van der Waals surface area contributed by atoms with Crippen molar-refractivity contribution in [2.24, 2.45) is 0 Å². The monoisotopic (exact) mass is 297 g/mol. The van der Waals surface area contributed by atoms with Gasteiger partial charge in [-0.05, 0) is 45.1 Å². The Morgan fingerprint density at radius 1 is 1.40 bits per heavy atom. The smallest absolute Gasteiger partial charge is 0.411 e. The molecular weight excluding hydrogens is 278 g/mol. The van der Waals surface area contributed by atoms with Crippen LogP contribution in [0.15, 0.2) is 17.5 Å². The van der Waals surface area contributed by atoms with Crippen molar-refractivity contribution in [3.63, 3.8) is 0 Å². The molecule has 1 N–H and O–H groups in total. The normalized spacial score (nSPS) is 22.9. The lowest BCUT2D eigenvalue weighted by molar-refractivity contribution is -0.142. The van der Waals surface area contributed by atoms with E-state index in [9.17, 15) is 14.7 Å². The molecule has 6 heteroatoms. The molecule has 2 heterocycles. The third-order valence-corrected chi connectivity index (χ3v) is 4.12. The molecular formula is C14H19NO4S. The van der Waals surface area contributed by atoms with Crippen LogP contribution in [0.5, 0.6) is 0 Å². The topological polar surface area (TPSA) is 66.8 Å². The SMILES string of the molecule is CC(C)(C)OC(=O)N1[C@H](C(=O)O)CC[C@H]1c1cccs1. The quantitative estimate of drug-likeness (QED) is 0.909. The number of carbonyl (C=O) groups excluding carboxylic acids is 1. The van der Waals surface area contributed by atoms with Gasteiger partial charge in [-0.25, -0.2) is 9.59 Å². The van der Waals surface area contributed by atoms with Crippen molar-refractivity contribution in [1.82, 2.24) is 4.90 Å². The van der Waals surface area contributed by atoms with Gasteiger partial charge in [0, 0.05) is 4.88 Å². The zero-order valence-corrected chi connectivity index (χ0v) is 12.6. The predicted molar refractivity (Wildman–Crippen MR) is 75.8 cm³/mol. The van der Waals surface area contributed by atoms with Gasteiger partial charge in [-0.15, -0.1) is 11.3 Å². The summed E-state index contributed by atoms with van der Waals surface area (Å²) in [5.74, 6) is -0.977. The van der Waals surface area contributed by atoms with E-state index < -0.39 is 23.7 Å². The van der Waals surface area contributed by atoms with Crippen molar-refractivity contribution < 1.29 is 19.4 Å². The number of nitrogens with zero attached hydrogens (tertiary/aromatic N) is 1. The van der Waals surface area contributed by atoms with Gasteiger partial charge in [0.05, 0.1) is 6.04 Å². The van der Waals surface area contributed by atoms with E-state index in [0.29, 0.717) is 12.8 Å². The molecule has 1 fully saturated rings. The van der Waals surface area contributed by atoms with E-state index in [0.717, 1.165) is 4.88 Å². The van der Waals surface area contributed by atoms with Crippen molar-refractivity contribution in [3.8, 4) is 0 Å². The van der Waals surface area contributed by atoms with Gasteiger partial charge >= 0.3 is 12.1 Å². The molecule has 0 bridgehead atoms. The molecule has 2 atom stereocenters. The number of likely N-dealkylation sites (tertiary alicyclic amines) is 1. The summed E-state index contributed by atoms with van der Waals surface area (Å²) in [6.45, 7) is 5.32. The first-order valence-electron chi connectivity index (χ1n) is 6.57. The molecule has 0 saturated carbocycles. The second-order valence-electron chi connectivity index (χ2n) is 5.85. The molecule has 1 saturated heterocycles. The van der Waals surface area contributed by atoms with Crippen LogP contribution in [-0.4, -0.2) is 33.7 Å². The number of carbonyl (C=O) groups is 2. The van der Waals surface area contributed by atoms with Crippen molar-refractivity contribution >= 4 is 23.4 Å². The highest BCUT2D eigenvalue weighted by atomic mass is 32.1. The van der Waals surface area contributed by atoms with E-state index in [4.69, 9.17) is 4.74 Å². The second-order valence-corrected chi connectivity index (χ2v) is 6.83. The first-order valence-corrected chi connectivity index (χ1v) is 7.45. The van der Waals surface area contributed by atoms with Crippen molar-refractivity contribution in [2.75, 3.05) is 0 Å². The molecule has 0 aromatic carbocycles. The fourth-order valence-electron chi connectivity index (χ4n) is 2.38. The largest absolute Gasteiger partial charge is 0.480 e. The molecule has 0 unspecified atom stereocenters. The molecule has 1 aliphatic heterocycles. The van der Waals surface area contributed by atoms with Crippen LogP contribution >= 0.6 is 11.3 Å². The maximum Gasteiger partial charge on any atom is 0.411 e. The summed E-state index contributed by atoms with van der Waals surface area (Å²) in [6.07, 6.45) is 0.550. The minimum Gasteiger partial charge on any atom is -0.480 e. The van der Waals surface area contributed by atoms with E-state index in [1.807, 2.05) is 17.5 Å². The number of hydrogen-bond acceptors (Lipinski definition) is 4. The van der Waals surface area contributed by atoms with Gasteiger partial charge in [0.25, 0.3) is 0 Å². The number of rotatable bonds is 2. The molecule has 1 amide bonds. The van der Waals surface area contributed by atoms with E-state index >= 15 is 0 Å². The van der Waals surface area contributed by atoms with Crippen LogP contribution in [0.2, 0.25) is 0 Å². The van der Waals surface area contributed by atoms with Crippen LogP contribution in [0.1, 0.15) is 44.5 Å². The summed E-state index contributed by atoms with van der Waals surface area (Å²) in [7, 11) is 0. The van der Waals surface area contributed by atoms with Crippen LogP contribution in [-0.2, 0) is 9.53 Å². The van der Waals surface area contributed by atoms with Gasteiger partial charge < -0.3 is 9.84 Å². The maximum atomic E-state index is 12.3. The van der Waals surface area contributed by atoms with Gasteiger partial charge in [-0.2, -0.15) is 0 Å². The van der Waals surface area contributed by atoms with Gasteiger partial charge in [0.1, 0.15) is 11.6 Å². The first kappa shape index (κ1) is 14.8. The van der Waals surface area contributed by atoms with Crippen molar-refractivity contribution in [3.05, 3.63) is 22.4 Å². The molecule has 0 aliphatic carbocycles. The fourth-order valence-corrected chi connectivity index (χ4v) is 3.24. The molecule has 1 aromatic rings. The lowest BCUT2D eigenvalue weighted by atomic mass is 10.2. The molecule has 20 heavy (non-hydrogen) atoms. The number of hydrogen-bond donors (Lipinski definition) is 1. The Labute approximate surface area is 122 Å². The Hall–Kier alpha value is -1.56. The second kappa shape index (κ2) is 5.44. The molecule has 0 spiro atoms. The number of aliphatic carboxylic acids is 1. The highest BCUT2D eigenvalue weighted by Gasteiger charge is 2.43. The Morgan fingerprint density at radius 3 is 2.60 bits per heavy atom. The van der Waals surface area contributed by atoms with Crippen LogP contribution in [0.25, 0.3) is 0 Å². The minimum atomic E-state index is -0.977. The summed E-state index contributed by atoms with van der Waals surface area (Å²) in [5, 5.41) is 11.2. The molecule has 5 nitrogen and oxygen atoms in total. The average Bonchev–Trinajstić information content (AvgIpc) is 2.95. The van der Waals surface area contributed by atoms with Crippen LogP contribution in [0.4, 0.5) is 4.79 Å². The lowest BCUT2D eigenvalue weighted by Gasteiger charge is -2.30. The highest BCUT2D eigenvalue weighted by Crippen LogP contribution is 2.39. The highest BCUT2D eigenvalue weighted by molar-refractivity contribution is 7.10. The number of carboxylic acids is 1. The Morgan fingerprint density at radius 2 is 2.10 bits per heavy atom. The van der Waals surface area contributed by atoms with Gasteiger partial charge in [0.15, 0.2) is 0 Å². The third kappa shape index (κ3) is 3.12. The fraction of sp³-hybridized carbons (Fsp3) is 0.571. The van der Waals surface area contributed by atoms with Crippen molar-refractivity contribution in [1.29, 1.82) is 0 Å². The van der Waals surface area contributed by atoms with Gasteiger partial charge in [-0.1, -0.05) is 6.07 Å². The van der Waals surface area contributed by atoms with E-state index in [-0.39, 0.29) is 6.04 Å². The Bertz CT molecular complexity index is 492. The van der Waals surface area contributed by atoms with E-state index in [1.165, 1.54) is 16.2 Å². The number of carboxylic acid groups (broad SMARTS) is 1. The Balaban J connectivity index is 2.25. The van der Waals surface area contributed by atoms with Crippen molar-refractivity contribution in [2.45, 2.75) is 51.3 Å². The summed E-state index contributed by atoms with van der Waals surface area (Å²) in [6, 6.07) is 2.82. The number of ether oxygens (including phenoxy) is 1. The number of thiophene rings is 1. The predicted octanol–water partition coefficient (Wildman–Crippen LogP) is 3.27. The summed E-state index contributed by atoms with van der Waals surface area (Å²) in [5.41, 5.74) is -0.636. The average molecular weight is 297 g/mol. The zero-order chi connectivity index (χ0) is 14.9. The zero-order valence-electron chi connectivity index (χ0n) is 11.8. The van der Waals surface area contributed by atoms with Crippen LogP contribution in [0, 0.1) is 0 Å². The van der Waals surface area contributed by atoms with Crippen LogP contribution in [0.3, 0.4) is 0 Å². The van der Waals surface area contributed by atoms with E-state index in [2.05, 4.69) is 0 Å².